The third kappa shape index (κ3) is 3.45. The van der Waals surface area contributed by atoms with Crippen molar-refractivity contribution in [2.24, 2.45) is 5.41 Å². The lowest BCUT2D eigenvalue weighted by Crippen LogP contribution is -2.40. The zero-order valence-corrected chi connectivity index (χ0v) is 16.8. The van der Waals surface area contributed by atoms with Crippen LogP contribution in [0, 0.1) is 5.41 Å². The molecule has 0 saturated carbocycles. The van der Waals surface area contributed by atoms with Crippen molar-refractivity contribution in [2.45, 2.75) is 58.1 Å². The fourth-order valence-corrected chi connectivity index (χ4v) is 4.19. The van der Waals surface area contributed by atoms with Crippen LogP contribution >= 0.6 is 0 Å². The number of aromatic nitrogens is 2. The van der Waals surface area contributed by atoms with Crippen molar-refractivity contribution in [3.8, 4) is 0 Å². The molecule has 0 aliphatic carbocycles. The van der Waals surface area contributed by atoms with E-state index >= 15 is 0 Å². The molecule has 0 bridgehead atoms. The highest BCUT2D eigenvalue weighted by atomic mass is 16.6. The van der Waals surface area contributed by atoms with Gasteiger partial charge in [0.25, 0.3) is 0 Å². The maximum absolute atomic E-state index is 12.7. The van der Waals surface area contributed by atoms with Crippen molar-refractivity contribution in [3.63, 3.8) is 0 Å². The summed E-state index contributed by atoms with van der Waals surface area (Å²) in [6, 6.07) is -0.0550. The van der Waals surface area contributed by atoms with Gasteiger partial charge >= 0.3 is 6.09 Å². The van der Waals surface area contributed by atoms with Crippen molar-refractivity contribution in [2.75, 3.05) is 31.2 Å². The summed E-state index contributed by atoms with van der Waals surface area (Å²) < 4.78 is 11.0. The smallest absolute Gasteiger partial charge is 0.416 e. The quantitative estimate of drug-likeness (QED) is 0.774. The number of hydrogen-bond acceptors (Lipinski definition) is 6. The number of rotatable bonds is 2. The second kappa shape index (κ2) is 6.99. The van der Waals surface area contributed by atoms with Crippen LogP contribution in [-0.2, 0) is 14.3 Å². The minimum Gasteiger partial charge on any atom is -0.440 e. The number of carbonyl (C=O) groups is 2. The van der Waals surface area contributed by atoms with Crippen molar-refractivity contribution < 1.29 is 19.1 Å². The van der Waals surface area contributed by atoms with E-state index in [2.05, 4.69) is 9.97 Å². The van der Waals surface area contributed by atoms with Gasteiger partial charge in [-0.25, -0.2) is 9.78 Å². The highest BCUT2D eigenvalue weighted by Gasteiger charge is 2.47. The van der Waals surface area contributed by atoms with Gasteiger partial charge in [-0.2, -0.15) is 0 Å². The van der Waals surface area contributed by atoms with Crippen molar-refractivity contribution in [1.29, 1.82) is 0 Å². The van der Waals surface area contributed by atoms with Crippen LogP contribution in [0.5, 0.6) is 0 Å². The average molecular weight is 388 g/mol. The van der Waals surface area contributed by atoms with Gasteiger partial charge in [0.2, 0.25) is 5.91 Å². The van der Waals surface area contributed by atoms with Crippen LogP contribution in [0.4, 0.5) is 10.6 Å². The molecule has 2 amide bonds. The lowest BCUT2D eigenvalue weighted by molar-refractivity contribution is -0.140. The number of amides is 2. The van der Waals surface area contributed by atoms with Crippen molar-refractivity contribution in [3.05, 3.63) is 18.1 Å². The molecule has 8 nitrogen and oxygen atoms in total. The first-order valence-corrected chi connectivity index (χ1v) is 10.0. The topological polar surface area (TPSA) is 84.9 Å². The Kier molecular flexibility index (Phi) is 4.77. The molecule has 3 aliphatic rings. The zero-order chi connectivity index (χ0) is 19.9. The van der Waals surface area contributed by atoms with Crippen LogP contribution in [0.2, 0.25) is 0 Å². The van der Waals surface area contributed by atoms with Crippen molar-refractivity contribution >= 4 is 17.8 Å². The summed E-state index contributed by atoms with van der Waals surface area (Å²) >= 11 is 0. The predicted molar refractivity (Wildman–Crippen MR) is 102 cm³/mol. The monoisotopic (exact) mass is 388 g/mol. The Morgan fingerprint density at radius 1 is 1.21 bits per heavy atom. The standard InChI is InChI=1S/C20H28N4O4/c1-19(2,3)17(25)23-8-4-5-15(23)14-11-22-16(12-21-14)24-13-20(28-18(24)26)6-9-27-10-7-20/h11-12,15H,4-10,13H2,1-3H3/t15-/m0/s1. The number of ether oxygens (including phenoxy) is 2. The van der Waals surface area contributed by atoms with Gasteiger partial charge in [0, 0.05) is 24.8 Å². The maximum atomic E-state index is 12.7. The molecule has 4 heterocycles. The molecule has 152 valence electrons. The molecule has 3 aliphatic heterocycles. The number of nitrogens with zero attached hydrogens (tertiary/aromatic N) is 4. The summed E-state index contributed by atoms with van der Waals surface area (Å²) in [6.45, 7) is 8.23. The minimum atomic E-state index is -0.475. The van der Waals surface area contributed by atoms with E-state index in [4.69, 9.17) is 9.47 Å². The van der Waals surface area contributed by atoms with Crippen LogP contribution in [0.25, 0.3) is 0 Å². The molecule has 1 atom stereocenters. The SMILES string of the molecule is CC(C)(C)C(=O)N1CCC[C@H]1c1cnc(N2CC3(CCOCC3)OC2=O)cn1. The highest BCUT2D eigenvalue weighted by molar-refractivity contribution is 5.89. The molecule has 0 N–H and O–H groups in total. The van der Waals surface area contributed by atoms with Gasteiger partial charge in [-0.3, -0.25) is 14.7 Å². The molecular weight excluding hydrogens is 360 g/mol. The van der Waals surface area contributed by atoms with Gasteiger partial charge in [0.05, 0.1) is 43.9 Å². The van der Waals surface area contributed by atoms with Gasteiger partial charge in [-0.1, -0.05) is 20.8 Å². The molecule has 1 spiro atoms. The Hall–Kier alpha value is -2.22. The summed E-state index contributed by atoms with van der Waals surface area (Å²) in [6.07, 6.45) is 6.17. The maximum Gasteiger partial charge on any atom is 0.416 e. The fourth-order valence-electron chi connectivity index (χ4n) is 4.19. The van der Waals surface area contributed by atoms with E-state index < -0.39 is 11.0 Å². The summed E-state index contributed by atoms with van der Waals surface area (Å²) in [5.41, 5.74) is -0.128. The van der Waals surface area contributed by atoms with E-state index in [0.29, 0.717) is 38.4 Å². The summed E-state index contributed by atoms with van der Waals surface area (Å²) in [5.74, 6) is 0.620. The molecule has 3 fully saturated rings. The van der Waals surface area contributed by atoms with Gasteiger partial charge in [-0.05, 0) is 12.8 Å². The average Bonchev–Trinajstić information content (AvgIpc) is 3.26. The molecule has 0 radical (unpaired) electrons. The largest absolute Gasteiger partial charge is 0.440 e. The first-order chi connectivity index (χ1) is 13.3. The third-order valence-electron chi connectivity index (χ3n) is 5.81. The Morgan fingerprint density at radius 3 is 2.61 bits per heavy atom. The van der Waals surface area contributed by atoms with Crippen LogP contribution in [0.15, 0.2) is 12.4 Å². The van der Waals surface area contributed by atoms with E-state index in [0.717, 1.165) is 25.1 Å². The molecule has 4 rings (SSSR count). The molecule has 0 unspecified atom stereocenters. The third-order valence-corrected chi connectivity index (χ3v) is 5.81. The van der Waals surface area contributed by atoms with Crippen molar-refractivity contribution in [1.82, 2.24) is 14.9 Å². The minimum absolute atomic E-state index is 0.0550. The number of carbonyl (C=O) groups excluding carboxylic acids is 2. The first kappa shape index (κ1) is 19.1. The summed E-state index contributed by atoms with van der Waals surface area (Å²) in [7, 11) is 0. The number of likely N-dealkylation sites (tertiary alicyclic amines) is 1. The number of anilines is 1. The van der Waals surface area contributed by atoms with E-state index in [9.17, 15) is 9.59 Å². The van der Waals surface area contributed by atoms with Gasteiger partial charge in [-0.15, -0.1) is 0 Å². The first-order valence-electron chi connectivity index (χ1n) is 10.0. The second-order valence-electron chi connectivity index (χ2n) is 8.96. The predicted octanol–water partition coefficient (Wildman–Crippen LogP) is 2.69. The van der Waals surface area contributed by atoms with E-state index in [1.54, 1.807) is 17.3 Å². The molecule has 28 heavy (non-hydrogen) atoms. The lowest BCUT2D eigenvalue weighted by atomic mass is 9.94. The van der Waals surface area contributed by atoms with Gasteiger partial charge in [0.1, 0.15) is 5.60 Å². The van der Waals surface area contributed by atoms with E-state index in [-0.39, 0.29) is 18.0 Å². The molecule has 1 aromatic rings. The van der Waals surface area contributed by atoms with Crippen LogP contribution < -0.4 is 4.90 Å². The summed E-state index contributed by atoms with van der Waals surface area (Å²) in [4.78, 5) is 37.6. The Balaban J connectivity index is 1.50. The Labute approximate surface area is 165 Å². The molecular formula is C20H28N4O4. The van der Waals surface area contributed by atoms with E-state index in [1.165, 1.54) is 0 Å². The highest BCUT2D eigenvalue weighted by Crippen LogP contribution is 2.36. The lowest BCUT2D eigenvalue weighted by Gasteiger charge is -2.31. The molecule has 1 aromatic heterocycles. The normalized spacial score (nSPS) is 24.7. The Bertz CT molecular complexity index is 752. The van der Waals surface area contributed by atoms with Gasteiger partial charge in [0.15, 0.2) is 5.82 Å². The van der Waals surface area contributed by atoms with Crippen LogP contribution in [0.3, 0.4) is 0 Å². The zero-order valence-electron chi connectivity index (χ0n) is 16.8. The Morgan fingerprint density at radius 2 is 1.96 bits per heavy atom. The molecule has 3 saturated heterocycles. The van der Waals surface area contributed by atoms with E-state index in [1.807, 2.05) is 25.7 Å². The van der Waals surface area contributed by atoms with Crippen LogP contribution in [0.1, 0.15) is 58.2 Å². The number of hydrogen-bond donors (Lipinski definition) is 0. The molecule has 8 heteroatoms. The summed E-state index contributed by atoms with van der Waals surface area (Å²) in [5, 5.41) is 0. The second-order valence-corrected chi connectivity index (χ2v) is 8.96. The van der Waals surface area contributed by atoms with Gasteiger partial charge < -0.3 is 14.4 Å². The van der Waals surface area contributed by atoms with Crippen LogP contribution in [-0.4, -0.2) is 58.8 Å². The fraction of sp³-hybridized carbons (Fsp3) is 0.700. The molecule has 0 aromatic carbocycles.